The van der Waals surface area contributed by atoms with Gasteiger partial charge in [-0.15, -0.1) is 0 Å². The summed E-state index contributed by atoms with van der Waals surface area (Å²) >= 11 is 0. The van der Waals surface area contributed by atoms with Crippen LogP contribution in [0.1, 0.15) is 52.9 Å². The Kier molecular flexibility index (Phi) is 4.91. The molecule has 1 heterocycles. The highest BCUT2D eigenvalue weighted by Crippen LogP contribution is 2.39. The van der Waals surface area contributed by atoms with Crippen molar-refractivity contribution < 1.29 is 9.84 Å². The van der Waals surface area contributed by atoms with E-state index in [9.17, 15) is 5.11 Å². The normalized spacial score (nSPS) is 38.5. The Morgan fingerprint density at radius 1 is 1.32 bits per heavy atom. The third-order valence-electron chi connectivity index (χ3n) is 4.98. The first-order valence-electron chi connectivity index (χ1n) is 7.87. The number of rotatable bonds is 5. The lowest BCUT2D eigenvalue weighted by atomic mass is 9.70. The van der Waals surface area contributed by atoms with Gasteiger partial charge in [-0.25, -0.2) is 0 Å². The fourth-order valence-corrected chi connectivity index (χ4v) is 4.17. The minimum atomic E-state index is 0.180. The predicted octanol–water partition coefficient (Wildman–Crippen LogP) is 2.58. The van der Waals surface area contributed by atoms with E-state index in [4.69, 9.17) is 4.74 Å². The maximum absolute atomic E-state index is 9.27. The molecule has 3 nitrogen and oxygen atoms in total. The summed E-state index contributed by atoms with van der Waals surface area (Å²) in [7, 11) is 0. The van der Waals surface area contributed by atoms with Crippen molar-refractivity contribution in [3.8, 4) is 0 Å². The highest BCUT2D eigenvalue weighted by Gasteiger charge is 2.37. The predicted molar refractivity (Wildman–Crippen MR) is 78.2 cm³/mol. The van der Waals surface area contributed by atoms with Crippen molar-refractivity contribution in [2.45, 2.75) is 58.9 Å². The maximum Gasteiger partial charge on any atom is 0.0536 e. The average molecular weight is 269 g/mol. The summed E-state index contributed by atoms with van der Waals surface area (Å²) in [6, 6.07) is 0.634. The molecule has 19 heavy (non-hydrogen) atoms. The number of hydrogen-bond acceptors (Lipinski definition) is 3. The summed E-state index contributed by atoms with van der Waals surface area (Å²) in [5, 5.41) is 13.1. The van der Waals surface area contributed by atoms with Gasteiger partial charge in [-0.3, -0.25) is 0 Å². The summed E-state index contributed by atoms with van der Waals surface area (Å²) in [6.45, 7) is 10.1. The third kappa shape index (κ3) is 4.17. The lowest BCUT2D eigenvalue weighted by molar-refractivity contribution is 0.106. The molecule has 0 aromatic carbocycles. The van der Waals surface area contributed by atoms with Crippen molar-refractivity contribution in [1.29, 1.82) is 0 Å². The van der Waals surface area contributed by atoms with E-state index in [1.165, 1.54) is 19.3 Å². The van der Waals surface area contributed by atoms with Crippen LogP contribution in [0.25, 0.3) is 0 Å². The van der Waals surface area contributed by atoms with E-state index in [2.05, 4.69) is 26.1 Å². The van der Waals surface area contributed by atoms with Crippen LogP contribution < -0.4 is 5.32 Å². The smallest absolute Gasteiger partial charge is 0.0536 e. The van der Waals surface area contributed by atoms with Gasteiger partial charge in [0.1, 0.15) is 0 Å². The lowest BCUT2D eigenvalue weighted by Gasteiger charge is -2.41. The second-order valence-corrected chi connectivity index (χ2v) is 7.77. The first kappa shape index (κ1) is 15.3. The van der Waals surface area contributed by atoms with Crippen LogP contribution in [0.3, 0.4) is 0 Å². The van der Waals surface area contributed by atoms with Crippen LogP contribution in [0, 0.1) is 16.7 Å². The highest BCUT2D eigenvalue weighted by atomic mass is 16.5. The van der Waals surface area contributed by atoms with Crippen molar-refractivity contribution in [3.63, 3.8) is 0 Å². The minimum absolute atomic E-state index is 0.180. The van der Waals surface area contributed by atoms with Crippen molar-refractivity contribution in [2.24, 2.45) is 16.7 Å². The molecule has 1 saturated heterocycles. The highest BCUT2D eigenvalue weighted by molar-refractivity contribution is 4.90. The molecule has 2 aliphatic rings. The molecule has 2 rings (SSSR count). The Morgan fingerprint density at radius 2 is 2.11 bits per heavy atom. The molecule has 1 saturated carbocycles. The van der Waals surface area contributed by atoms with Crippen LogP contribution in [-0.4, -0.2) is 37.5 Å². The van der Waals surface area contributed by atoms with Crippen LogP contribution in [0.4, 0.5) is 0 Å². The van der Waals surface area contributed by atoms with Crippen LogP contribution in [0.15, 0.2) is 0 Å². The van der Waals surface area contributed by atoms with E-state index in [1.54, 1.807) is 0 Å². The summed E-state index contributed by atoms with van der Waals surface area (Å²) < 4.78 is 5.56. The number of ether oxygens (including phenoxy) is 1. The molecule has 0 aromatic rings. The number of nitrogens with one attached hydrogen (secondary N) is 1. The van der Waals surface area contributed by atoms with Gasteiger partial charge < -0.3 is 15.2 Å². The van der Waals surface area contributed by atoms with Gasteiger partial charge >= 0.3 is 0 Å². The van der Waals surface area contributed by atoms with Gasteiger partial charge in [0.25, 0.3) is 0 Å². The molecule has 3 heteroatoms. The van der Waals surface area contributed by atoms with E-state index in [0.717, 1.165) is 38.5 Å². The summed E-state index contributed by atoms with van der Waals surface area (Å²) in [6.07, 6.45) is 5.86. The molecule has 0 radical (unpaired) electrons. The van der Waals surface area contributed by atoms with Crippen molar-refractivity contribution in [2.75, 3.05) is 26.4 Å². The SMILES string of the molecule is CC1CC(NCC2(CCO)CCOC2)CC(C)(C)C1. The lowest BCUT2D eigenvalue weighted by Crippen LogP contribution is -2.45. The van der Waals surface area contributed by atoms with Gasteiger partial charge in [-0.1, -0.05) is 20.8 Å². The average Bonchev–Trinajstić information content (AvgIpc) is 2.73. The largest absolute Gasteiger partial charge is 0.396 e. The fraction of sp³-hybridized carbons (Fsp3) is 1.00. The Morgan fingerprint density at radius 3 is 2.68 bits per heavy atom. The quantitative estimate of drug-likeness (QED) is 0.806. The van der Waals surface area contributed by atoms with E-state index >= 15 is 0 Å². The Bertz CT molecular complexity index is 284. The van der Waals surface area contributed by atoms with Crippen LogP contribution >= 0.6 is 0 Å². The number of aliphatic hydroxyl groups excluding tert-OH is 1. The molecule has 0 amide bonds. The summed E-state index contributed by atoms with van der Waals surface area (Å²) in [4.78, 5) is 0. The van der Waals surface area contributed by atoms with Crippen LogP contribution in [0.5, 0.6) is 0 Å². The summed E-state index contributed by atoms with van der Waals surface area (Å²) in [5.74, 6) is 0.815. The minimum Gasteiger partial charge on any atom is -0.396 e. The molecule has 3 atom stereocenters. The van der Waals surface area contributed by atoms with E-state index in [-0.39, 0.29) is 12.0 Å². The second-order valence-electron chi connectivity index (χ2n) is 7.77. The van der Waals surface area contributed by atoms with Crippen molar-refractivity contribution in [1.82, 2.24) is 5.32 Å². The molecule has 0 aromatic heterocycles. The Balaban J connectivity index is 1.86. The standard InChI is InChI=1S/C16H31NO2/c1-13-8-14(10-15(2,3)9-13)17-11-16(4-6-18)5-7-19-12-16/h13-14,17-18H,4-12H2,1-3H3. The topological polar surface area (TPSA) is 41.5 Å². The molecule has 3 unspecified atom stereocenters. The van der Waals surface area contributed by atoms with E-state index in [0.29, 0.717) is 11.5 Å². The first-order valence-corrected chi connectivity index (χ1v) is 7.87. The molecule has 0 spiro atoms. The van der Waals surface area contributed by atoms with Gasteiger partial charge in [0.05, 0.1) is 6.61 Å². The van der Waals surface area contributed by atoms with Gasteiger partial charge in [0.2, 0.25) is 0 Å². The van der Waals surface area contributed by atoms with Crippen LogP contribution in [0.2, 0.25) is 0 Å². The van der Waals surface area contributed by atoms with Crippen molar-refractivity contribution in [3.05, 3.63) is 0 Å². The van der Waals surface area contributed by atoms with Crippen LogP contribution in [-0.2, 0) is 4.74 Å². The zero-order valence-corrected chi connectivity index (χ0v) is 12.9. The summed E-state index contributed by atoms with van der Waals surface area (Å²) in [5.41, 5.74) is 0.644. The van der Waals surface area contributed by atoms with Gasteiger partial charge in [0.15, 0.2) is 0 Å². The molecule has 112 valence electrons. The Labute approximate surface area is 118 Å². The molecular weight excluding hydrogens is 238 g/mol. The molecule has 1 aliphatic heterocycles. The molecular formula is C16H31NO2. The molecule has 2 N–H and O–H groups in total. The van der Waals surface area contributed by atoms with Crippen molar-refractivity contribution >= 4 is 0 Å². The van der Waals surface area contributed by atoms with Gasteiger partial charge in [-0.05, 0) is 43.4 Å². The van der Waals surface area contributed by atoms with Gasteiger partial charge in [0, 0.05) is 31.2 Å². The fourth-order valence-electron chi connectivity index (χ4n) is 4.17. The van der Waals surface area contributed by atoms with Gasteiger partial charge in [-0.2, -0.15) is 0 Å². The van der Waals surface area contributed by atoms with E-state index < -0.39 is 0 Å². The molecule has 0 bridgehead atoms. The monoisotopic (exact) mass is 269 g/mol. The maximum atomic E-state index is 9.27. The first-order chi connectivity index (χ1) is 8.95. The Hall–Kier alpha value is -0.120. The zero-order chi connectivity index (χ0) is 13.9. The second kappa shape index (κ2) is 6.11. The number of aliphatic hydroxyl groups is 1. The molecule has 1 aliphatic carbocycles. The molecule has 2 fully saturated rings. The third-order valence-corrected chi connectivity index (χ3v) is 4.98. The number of hydrogen-bond donors (Lipinski definition) is 2. The van der Waals surface area contributed by atoms with E-state index in [1.807, 2.05) is 0 Å². The zero-order valence-electron chi connectivity index (χ0n) is 12.9.